The Balaban J connectivity index is 2.74. The van der Waals surface area contributed by atoms with Crippen LogP contribution in [-0.2, 0) is 4.74 Å². The number of phenolic OH excluding ortho intramolecular Hbond substituents is 1. The number of carbonyl (C=O) groups is 1. The first kappa shape index (κ1) is 17.0. The molecule has 1 N–H and O–H groups in total. The van der Waals surface area contributed by atoms with Gasteiger partial charge in [-0.15, -0.1) is 0 Å². The topological polar surface area (TPSA) is 46.5 Å². The minimum absolute atomic E-state index is 0.0735. The molecule has 0 radical (unpaired) electrons. The lowest BCUT2D eigenvalue weighted by atomic mass is 9.98. The van der Waals surface area contributed by atoms with E-state index in [1.165, 1.54) is 11.6 Å². The summed E-state index contributed by atoms with van der Waals surface area (Å²) in [5, 5.41) is 9.70. The maximum atomic E-state index is 12.1. The zero-order valence-electron chi connectivity index (χ0n) is 13.1. The van der Waals surface area contributed by atoms with Crippen LogP contribution in [0.15, 0.2) is 48.6 Å². The summed E-state index contributed by atoms with van der Waals surface area (Å²) in [5.74, 6) is -0.609. The molecule has 0 aliphatic carbocycles. The number of ether oxygens (including phenoxy) is 1. The average Bonchev–Trinajstić information content (AvgIpc) is 2.47. The minimum atomic E-state index is -0.746. The SMILES string of the molecule is C=CC(C)(CCC=C(C)CC)OC(=O)c1ccccc1O. The van der Waals surface area contributed by atoms with Gasteiger partial charge < -0.3 is 9.84 Å². The van der Waals surface area contributed by atoms with Crippen molar-refractivity contribution in [2.24, 2.45) is 0 Å². The molecule has 0 amide bonds. The van der Waals surface area contributed by atoms with E-state index in [-0.39, 0.29) is 11.3 Å². The average molecular weight is 288 g/mol. The van der Waals surface area contributed by atoms with Crippen LogP contribution in [0.25, 0.3) is 0 Å². The number of phenols is 1. The first-order valence-electron chi connectivity index (χ1n) is 7.22. The van der Waals surface area contributed by atoms with Gasteiger partial charge in [-0.05, 0) is 51.3 Å². The van der Waals surface area contributed by atoms with E-state index in [1.54, 1.807) is 24.3 Å². The Kier molecular flexibility index (Phi) is 6.22. The molecule has 0 saturated heterocycles. The van der Waals surface area contributed by atoms with Gasteiger partial charge in [-0.2, -0.15) is 0 Å². The molecule has 0 aliphatic rings. The van der Waals surface area contributed by atoms with Gasteiger partial charge in [-0.3, -0.25) is 0 Å². The van der Waals surface area contributed by atoms with Crippen LogP contribution in [0, 0.1) is 0 Å². The Morgan fingerprint density at radius 2 is 2.10 bits per heavy atom. The minimum Gasteiger partial charge on any atom is -0.507 e. The second-order valence-corrected chi connectivity index (χ2v) is 5.37. The van der Waals surface area contributed by atoms with Crippen molar-refractivity contribution in [2.75, 3.05) is 0 Å². The molecule has 0 bridgehead atoms. The van der Waals surface area contributed by atoms with Gasteiger partial charge in [-0.1, -0.05) is 37.3 Å². The smallest absolute Gasteiger partial charge is 0.342 e. The van der Waals surface area contributed by atoms with Gasteiger partial charge in [0.2, 0.25) is 0 Å². The fraction of sp³-hybridized carbons (Fsp3) is 0.389. The fourth-order valence-electron chi connectivity index (χ4n) is 1.86. The van der Waals surface area contributed by atoms with Crippen LogP contribution in [-0.4, -0.2) is 16.7 Å². The van der Waals surface area contributed by atoms with Gasteiger partial charge in [0, 0.05) is 0 Å². The van der Waals surface area contributed by atoms with E-state index < -0.39 is 11.6 Å². The third-order valence-electron chi connectivity index (χ3n) is 3.57. The van der Waals surface area contributed by atoms with Crippen LogP contribution in [0.5, 0.6) is 5.75 Å². The molecule has 0 heterocycles. The van der Waals surface area contributed by atoms with Crippen molar-refractivity contribution in [2.45, 2.75) is 45.6 Å². The van der Waals surface area contributed by atoms with Crippen LogP contribution in [0.3, 0.4) is 0 Å². The maximum absolute atomic E-state index is 12.1. The lowest BCUT2D eigenvalue weighted by molar-refractivity contribution is 0.00807. The normalized spacial score (nSPS) is 14.3. The molecular formula is C18H24O3. The van der Waals surface area contributed by atoms with Gasteiger partial charge in [0.15, 0.2) is 0 Å². The summed E-state index contributed by atoms with van der Waals surface area (Å²) < 4.78 is 5.52. The summed E-state index contributed by atoms with van der Waals surface area (Å²) in [6.07, 6.45) is 6.28. The number of carbonyl (C=O) groups excluding carboxylic acids is 1. The number of hydrogen-bond donors (Lipinski definition) is 1. The Bertz CT molecular complexity index is 531. The molecule has 0 spiro atoms. The number of allylic oxidation sites excluding steroid dienone is 2. The highest BCUT2D eigenvalue weighted by Crippen LogP contribution is 2.24. The Labute approximate surface area is 127 Å². The lowest BCUT2D eigenvalue weighted by Crippen LogP contribution is -2.29. The van der Waals surface area contributed by atoms with Crippen molar-refractivity contribution in [3.63, 3.8) is 0 Å². The second-order valence-electron chi connectivity index (χ2n) is 5.37. The third-order valence-corrected chi connectivity index (χ3v) is 3.57. The zero-order chi connectivity index (χ0) is 15.9. The van der Waals surface area contributed by atoms with E-state index >= 15 is 0 Å². The van der Waals surface area contributed by atoms with E-state index in [1.807, 2.05) is 6.92 Å². The monoisotopic (exact) mass is 288 g/mol. The van der Waals surface area contributed by atoms with E-state index in [2.05, 4.69) is 26.5 Å². The number of benzene rings is 1. The summed E-state index contributed by atoms with van der Waals surface area (Å²) >= 11 is 0. The predicted molar refractivity (Wildman–Crippen MR) is 85.4 cm³/mol. The summed E-state index contributed by atoms with van der Waals surface area (Å²) in [7, 11) is 0. The van der Waals surface area contributed by atoms with Crippen molar-refractivity contribution < 1.29 is 14.6 Å². The second kappa shape index (κ2) is 7.67. The molecule has 0 aliphatic heterocycles. The number of esters is 1. The van der Waals surface area contributed by atoms with Crippen molar-refractivity contribution in [1.29, 1.82) is 0 Å². The van der Waals surface area contributed by atoms with E-state index in [0.717, 1.165) is 12.8 Å². The highest BCUT2D eigenvalue weighted by atomic mass is 16.6. The molecule has 0 saturated carbocycles. The molecule has 1 atom stereocenters. The Morgan fingerprint density at radius 3 is 2.67 bits per heavy atom. The Hall–Kier alpha value is -2.03. The molecule has 114 valence electrons. The van der Waals surface area contributed by atoms with Crippen LogP contribution >= 0.6 is 0 Å². The van der Waals surface area contributed by atoms with Crippen molar-refractivity contribution in [1.82, 2.24) is 0 Å². The van der Waals surface area contributed by atoms with Gasteiger partial charge in [0.1, 0.15) is 16.9 Å². The van der Waals surface area contributed by atoms with Crippen LogP contribution in [0.4, 0.5) is 0 Å². The number of rotatable bonds is 7. The highest BCUT2D eigenvalue weighted by Gasteiger charge is 2.26. The molecule has 1 rings (SSSR count). The van der Waals surface area contributed by atoms with Crippen molar-refractivity contribution in [3.05, 3.63) is 54.1 Å². The number of hydrogen-bond acceptors (Lipinski definition) is 3. The van der Waals surface area contributed by atoms with Gasteiger partial charge >= 0.3 is 5.97 Å². The van der Waals surface area contributed by atoms with Crippen LogP contribution in [0.2, 0.25) is 0 Å². The first-order valence-corrected chi connectivity index (χ1v) is 7.22. The van der Waals surface area contributed by atoms with Crippen molar-refractivity contribution >= 4 is 5.97 Å². The highest BCUT2D eigenvalue weighted by molar-refractivity contribution is 5.92. The predicted octanol–water partition coefficient (Wildman–Crippen LogP) is 4.63. The third kappa shape index (κ3) is 5.10. The summed E-state index contributed by atoms with van der Waals surface area (Å²) in [5.41, 5.74) is 0.739. The molecule has 3 nitrogen and oxygen atoms in total. The van der Waals surface area contributed by atoms with Gasteiger partial charge in [0.05, 0.1) is 0 Å². The number of aromatic hydroxyl groups is 1. The van der Waals surface area contributed by atoms with E-state index in [0.29, 0.717) is 6.42 Å². The molecule has 0 fully saturated rings. The molecule has 1 aromatic carbocycles. The standard InChI is InChI=1S/C18H24O3/c1-5-14(3)10-9-13-18(4,6-2)21-17(20)15-11-7-8-12-16(15)19/h6-8,10-12,19H,2,5,9,13H2,1,3-4H3. The van der Waals surface area contributed by atoms with E-state index in [9.17, 15) is 9.90 Å². The lowest BCUT2D eigenvalue weighted by Gasteiger charge is -2.26. The quantitative estimate of drug-likeness (QED) is 0.587. The van der Waals surface area contributed by atoms with E-state index in [4.69, 9.17) is 4.74 Å². The first-order chi connectivity index (χ1) is 9.91. The molecule has 1 unspecified atom stereocenters. The van der Waals surface area contributed by atoms with Crippen LogP contribution in [0.1, 0.15) is 50.4 Å². The van der Waals surface area contributed by atoms with Gasteiger partial charge in [-0.25, -0.2) is 4.79 Å². The fourth-order valence-corrected chi connectivity index (χ4v) is 1.86. The Morgan fingerprint density at radius 1 is 1.43 bits per heavy atom. The molecule has 3 heteroatoms. The van der Waals surface area contributed by atoms with Crippen LogP contribution < -0.4 is 0 Å². The molecule has 21 heavy (non-hydrogen) atoms. The zero-order valence-corrected chi connectivity index (χ0v) is 13.1. The van der Waals surface area contributed by atoms with Crippen molar-refractivity contribution in [3.8, 4) is 5.75 Å². The summed E-state index contributed by atoms with van der Waals surface area (Å²) in [6, 6.07) is 6.36. The molecular weight excluding hydrogens is 264 g/mol. The maximum Gasteiger partial charge on any atom is 0.342 e. The molecule has 1 aromatic rings. The summed E-state index contributed by atoms with van der Waals surface area (Å²) in [4.78, 5) is 12.1. The number of para-hydroxylation sites is 1. The largest absolute Gasteiger partial charge is 0.507 e. The van der Waals surface area contributed by atoms with Gasteiger partial charge in [0.25, 0.3) is 0 Å². The summed E-state index contributed by atoms with van der Waals surface area (Å²) in [6.45, 7) is 9.78. The molecule has 0 aromatic heterocycles.